The van der Waals surface area contributed by atoms with Crippen LogP contribution in [0.5, 0.6) is 5.88 Å². The topological polar surface area (TPSA) is 88.9 Å². The summed E-state index contributed by atoms with van der Waals surface area (Å²) in [6, 6.07) is 1.29. The fourth-order valence-electron chi connectivity index (χ4n) is 1.03. The van der Waals surface area contributed by atoms with Crippen LogP contribution in [0.3, 0.4) is 0 Å². The van der Waals surface area contributed by atoms with E-state index >= 15 is 0 Å². The summed E-state index contributed by atoms with van der Waals surface area (Å²) in [4.78, 5) is 23.8. The number of aliphatic carboxylic acids is 1. The molecule has 1 aromatic heterocycles. The van der Waals surface area contributed by atoms with Crippen molar-refractivity contribution in [2.45, 2.75) is 12.8 Å². The first-order valence-electron chi connectivity index (χ1n) is 5.11. The maximum absolute atomic E-state index is 10.3. The molecule has 1 unspecified atom stereocenters. The maximum atomic E-state index is 10.3. The summed E-state index contributed by atoms with van der Waals surface area (Å²) in [5, 5.41) is 8.52. The Bertz CT molecular complexity index is 559. The smallest absolute Gasteiger partial charge is 0.379 e. The van der Waals surface area contributed by atoms with Crippen LogP contribution in [0, 0.1) is 0 Å². The average molecular weight is 381 g/mol. The van der Waals surface area contributed by atoms with Crippen LogP contribution in [-0.2, 0) is 21.1 Å². The van der Waals surface area contributed by atoms with Gasteiger partial charge in [-0.05, 0) is 12.5 Å². The number of aromatic nitrogens is 1. The molecule has 1 aromatic rings. The third-order valence-electron chi connectivity index (χ3n) is 1.85. The van der Waals surface area contributed by atoms with Gasteiger partial charge in [-0.15, -0.1) is 0 Å². The summed E-state index contributed by atoms with van der Waals surface area (Å²) in [7, 11) is 0. The number of halogens is 3. The van der Waals surface area contributed by atoms with Crippen LogP contribution in [0.2, 0.25) is 15.2 Å². The number of carboxylic acids is 1. The molecule has 1 rings (SSSR count). The molecule has 0 fully saturated rings. The van der Waals surface area contributed by atoms with Gasteiger partial charge in [0.2, 0.25) is 5.88 Å². The van der Waals surface area contributed by atoms with E-state index in [1.165, 1.54) is 6.07 Å². The molecule has 11 heteroatoms. The molecule has 0 aliphatic rings. The van der Waals surface area contributed by atoms with Gasteiger partial charge in [0.25, 0.3) is 0 Å². The molecule has 0 saturated carbocycles. The Morgan fingerprint density at radius 1 is 1.40 bits per heavy atom. The van der Waals surface area contributed by atoms with E-state index in [1.807, 2.05) is 0 Å². The van der Waals surface area contributed by atoms with Gasteiger partial charge >= 0.3 is 12.7 Å². The second-order valence-electron chi connectivity index (χ2n) is 3.44. The molecule has 112 valence electrons. The van der Waals surface area contributed by atoms with Crippen molar-refractivity contribution in [2.24, 2.45) is 0 Å². The number of nitrogens with zero attached hydrogens (tertiary/aromatic N) is 1. The standard InChI is InChI=1S/C9H9Cl3NO5PS/c10-5-4-6(11)9(13-8(5)12)18-19(16,20)17-3-1-2-7(14)15/h4H,1-3H2,(H,14,15)(H,16,20). The number of carbonyl (C=O) groups is 1. The quantitative estimate of drug-likeness (QED) is 0.425. The van der Waals surface area contributed by atoms with Crippen LogP contribution >= 0.6 is 41.5 Å². The van der Waals surface area contributed by atoms with Crippen LogP contribution in [-0.4, -0.2) is 27.6 Å². The highest BCUT2D eigenvalue weighted by molar-refractivity contribution is 8.07. The molecule has 1 atom stereocenters. The van der Waals surface area contributed by atoms with Gasteiger partial charge in [-0.25, -0.2) is 0 Å². The summed E-state index contributed by atoms with van der Waals surface area (Å²) >= 11 is 21.9. The van der Waals surface area contributed by atoms with Crippen LogP contribution < -0.4 is 4.52 Å². The molecule has 1 heterocycles. The molecule has 0 aliphatic heterocycles. The van der Waals surface area contributed by atoms with Crippen molar-refractivity contribution in [3.63, 3.8) is 0 Å². The van der Waals surface area contributed by atoms with E-state index in [1.54, 1.807) is 0 Å². The number of hydrogen-bond acceptors (Lipinski definition) is 5. The van der Waals surface area contributed by atoms with E-state index in [0.717, 1.165) is 0 Å². The van der Waals surface area contributed by atoms with Crippen molar-refractivity contribution in [2.75, 3.05) is 6.61 Å². The Morgan fingerprint density at radius 2 is 2.05 bits per heavy atom. The van der Waals surface area contributed by atoms with Crippen molar-refractivity contribution in [3.8, 4) is 5.88 Å². The van der Waals surface area contributed by atoms with Crippen molar-refractivity contribution < 1.29 is 23.8 Å². The first-order chi connectivity index (χ1) is 9.21. The van der Waals surface area contributed by atoms with Crippen LogP contribution in [0.25, 0.3) is 0 Å². The number of hydrogen-bond donors (Lipinski definition) is 2. The van der Waals surface area contributed by atoms with Gasteiger partial charge in [0.15, 0.2) is 5.15 Å². The number of pyridine rings is 1. The second kappa shape index (κ2) is 7.75. The van der Waals surface area contributed by atoms with Crippen molar-refractivity contribution in [1.29, 1.82) is 0 Å². The lowest BCUT2D eigenvalue weighted by Crippen LogP contribution is -2.03. The van der Waals surface area contributed by atoms with Crippen molar-refractivity contribution in [3.05, 3.63) is 21.3 Å². The normalized spacial score (nSPS) is 13.8. The minimum absolute atomic E-state index is 0.0109. The van der Waals surface area contributed by atoms with Gasteiger partial charge in [-0.1, -0.05) is 34.8 Å². The zero-order valence-corrected chi connectivity index (χ0v) is 13.7. The molecule has 0 saturated heterocycles. The van der Waals surface area contributed by atoms with Gasteiger partial charge in [-0.3, -0.25) is 9.32 Å². The fraction of sp³-hybridized carbons (Fsp3) is 0.333. The van der Waals surface area contributed by atoms with Crippen LogP contribution in [0.1, 0.15) is 12.8 Å². The first kappa shape index (κ1) is 17.9. The molecule has 0 aliphatic carbocycles. The lowest BCUT2D eigenvalue weighted by Gasteiger charge is -2.16. The SMILES string of the molecule is O=C(O)CCCOP(O)(=S)Oc1nc(Cl)c(Cl)cc1Cl. The minimum atomic E-state index is -3.64. The summed E-state index contributed by atoms with van der Waals surface area (Å²) < 4.78 is 9.93. The summed E-state index contributed by atoms with van der Waals surface area (Å²) in [5.74, 6) is -1.18. The Balaban J connectivity index is 2.64. The van der Waals surface area contributed by atoms with E-state index in [2.05, 4.69) is 4.98 Å². The lowest BCUT2D eigenvalue weighted by molar-refractivity contribution is -0.137. The van der Waals surface area contributed by atoms with E-state index in [0.29, 0.717) is 0 Å². The molecular weight excluding hydrogens is 372 g/mol. The van der Waals surface area contributed by atoms with E-state index < -0.39 is 12.7 Å². The van der Waals surface area contributed by atoms with Gasteiger partial charge in [0, 0.05) is 18.2 Å². The van der Waals surface area contributed by atoms with E-state index in [-0.39, 0.29) is 40.5 Å². The number of rotatable bonds is 7. The zero-order valence-electron chi connectivity index (χ0n) is 9.75. The third kappa shape index (κ3) is 6.10. The summed E-state index contributed by atoms with van der Waals surface area (Å²) in [6.07, 6.45) is 0.0707. The maximum Gasteiger partial charge on any atom is 0.379 e. The Labute approximate surface area is 134 Å². The molecule has 2 N–H and O–H groups in total. The van der Waals surface area contributed by atoms with E-state index in [4.69, 9.17) is 60.8 Å². The molecule has 20 heavy (non-hydrogen) atoms. The van der Waals surface area contributed by atoms with E-state index in [9.17, 15) is 9.69 Å². The summed E-state index contributed by atoms with van der Waals surface area (Å²) in [6.45, 7) is -3.71. The van der Waals surface area contributed by atoms with Gasteiger partial charge in [0.1, 0.15) is 5.02 Å². The fourth-order valence-corrected chi connectivity index (χ4v) is 2.82. The van der Waals surface area contributed by atoms with Crippen molar-refractivity contribution in [1.82, 2.24) is 4.98 Å². The second-order valence-corrected chi connectivity index (χ2v) is 7.37. The van der Waals surface area contributed by atoms with Gasteiger partial charge in [0.05, 0.1) is 11.6 Å². The lowest BCUT2D eigenvalue weighted by atomic mass is 10.3. The van der Waals surface area contributed by atoms with Crippen LogP contribution in [0.15, 0.2) is 6.07 Å². The Kier molecular flexibility index (Phi) is 6.94. The molecule has 0 radical (unpaired) electrons. The molecule has 0 spiro atoms. The third-order valence-corrected chi connectivity index (χ3v) is 4.24. The highest BCUT2D eigenvalue weighted by Crippen LogP contribution is 2.46. The number of carboxylic acid groups (broad SMARTS) is 1. The summed E-state index contributed by atoms with van der Waals surface area (Å²) in [5.41, 5.74) is 0. The monoisotopic (exact) mass is 379 g/mol. The highest BCUT2D eigenvalue weighted by atomic mass is 35.5. The molecule has 0 bridgehead atoms. The van der Waals surface area contributed by atoms with Crippen LogP contribution in [0.4, 0.5) is 0 Å². The Hall–Kier alpha value is -0.140. The first-order valence-corrected chi connectivity index (χ1v) is 8.84. The Morgan fingerprint density at radius 3 is 2.65 bits per heavy atom. The molecule has 0 aromatic carbocycles. The molecular formula is C9H9Cl3NO5PS. The minimum Gasteiger partial charge on any atom is -0.481 e. The largest absolute Gasteiger partial charge is 0.481 e. The zero-order chi connectivity index (χ0) is 15.3. The molecule has 6 nitrogen and oxygen atoms in total. The predicted octanol–water partition coefficient (Wildman–Crippen LogP) is 3.52. The van der Waals surface area contributed by atoms with Crippen molar-refractivity contribution >= 4 is 59.3 Å². The predicted molar refractivity (Wildman–Crippen MR) is 79.2 cm³/mol. The highest BCUT2D eigenvalue weighted by Gasteiger charge is 2.21. The molecule has 0 amide bonds. The average Bonchev–Trinajstić information content (AvgIpc) is 2.31. The van der Waals surface area contributed by atoms with Gasteiger partial charge < -0.3 is 14.5 Å². The van der Waals surface area contributed by atoms with Gasteiger partial charge in [-0.2, -0.15) is 4.98 Å².